The summed E-state index contributed by atoms with van der Waals surface area (Å²) in [5.41, 5.74) is -0.532. The molecule has 2 aliphatic carbocycles. The van der Waals surface area contributed by atoms with Gasteiger partial charge in [-0.05, 0) is 39.5 Å². The van der Waals surface area contributed by atoms with Crippen LogP contribution in [0.15, 0.2) is 12.2 Å². The lowest BCUT2D eigenvalue weighted by atomic mass is 9.77. The Morgan fingerprint density at radius 1 is 1.26 bits per heavy atom. The minimum absolute atomic E-state index is 0.0708. The van der Waals surface area contributed by atoms with Gasteiger partial charge in [-0.2, -0.15) is 0 Å². The molecule has 0 aromatic rings. The number of ether oxygens (including phenoxy) is 3. The third-order valence-corrected chi connectivity index (χ3v) is 4.13. The van der Waals surface area contributed by atoms with E-state index in [1.54, 1.807) is 0 Å². The van der Waals surface area contributed by atoms with Crippen molar-refractivity contribution in [2.75, 3.05) is 19.8 Å². The van der Waals surface area contributed by atoms with Gasteiger partial charge in [-0.1, -0.05) is 12.2 Å². The molecule has 2 bridgehead atoms. The zero-order valence-electron chi connectivity index (χ0n) is 12.1. The van der Waals surface area contributed by atoms with Crippen molar-refractivity contribution in [2.45, 2.75) is 39.9 Å². The van der Waals surface area contributed by atoms with E-state index in [1.165, 1.54) is 0 Å². The van der Waals surface area contributed by atoms with E-state index in [0.29, 0.717) is 25.7 Å². The number of carbonyl (C=O) groups is 1. The standard InChI is InChI=1S/C15H24O4/c1-4-17-13(18-5-2)12-9-11-7-8-15(12,10-11)14(16)19-6-3/h7-8,11-13H,4-6,9-10H2,1-3H3. The predicted octanol–water partition coefficient (Wildman–Crippen LogP) is 2.53. The van der Waals surface area contributed by atoms with E-state index in [2.05, 4.69) is 6.08 Å². The molecule has 0 aromatic carbocycles. The maximum atomic E-state index is 12.4. The summed E-state index contributed by atoms with van der Waals surface area (Å²) in [5, 5.41) is 0. The third kappa shape index (κ3) is 2.56. The predicted molar refractivity (Wildman–Crippen MR) is 71.5 cm³/mol. The van der Waals surface area contributed by atoms with Gasteiger partial charge < -0.3 is 14.2 Å². The van der Waals surface area contributed by atoms with Gasteiger partial charge in [-0.3, -0.25) is 4.79 Å². The Balaban J connectivity index is 2.19. The van der Waals surface area contributed by atoms with Crippen LogP contribution in [0.2, 0.25) is 0 Å². The minimum Gasteiger partial charge on any atom is -0.465 e. The molecule has 0 aromatic heterocycles. The molecule has 0 saturated heterocycles. The van der Waals surface area contributed by atoms with Crippen LogP contribution < -0.4 is 0 Å². The highest BCUT2D eigenvalue weighted by atomic mass is 16.7. The summed E-state index contributed by atoms with van der Waals surface area (Å²) in [7, 11) is 0. The van der Waals surface area contributed by atoms with Gasteiger partial charge in [0.2, 0.25) is 0 Å². The van der Waals surface area contributed by atoms with Crippen molar-refractivity contribution in [3.05, 3.63) is 12.2 Å². The summed E-state index contributed by atoms with van der Waals surface area (Å²) in [4.78, 5) is 12.4. The molecule has 0 radical (unpaired) electrons. The minimum atomic E-state index is -0.532. The summed E-state index contributed by atoms with van der Waals surface area (Å²) in [5.74, 6) is 0.403. The lowest BCUT2D eigenvalue weighted by Gasteiger charge is -2.35. The Hall–Kier alpha value is -0.870. The van der Waals surface area contributed by atoms with Gasteiger partial charge >= 0.3 is 5.97 Å². The normalized spacial score (nSPS) is 32.2. The van der Waals surface area contributed by atoms with Crippen LogP contribution in [0.5, 0.6) is 0 Å². The molecule has 2 aliphatic rings. The SMILES string of the molecule is CCOC(=O)C12C=CC(CC1C(OCC)OCC)C2. The first-order valence-corrected chi connectivity index (χ1v) is 7.27. The summed E-state index contributed by atoms with van der Waals surface area (Å²) < 4.78 is 16.7. The monoisotopic (exact) mass is 268 g/mol. The van der Waals surface area contributed by atoms with E-state index in [0.717, 1.165) is 12.8 Å². The maximum Gasteiger partial charge on any atom is 0.316 e. The van der Waals surface area contributed by atoms with Gasteiger partial charge in [0.1, 0.15) is 0 Å². The molecule has 1 fully saturated rings. The molecule has 108 valence electrons. The van der Waals surface area contributed by atoms with E-state index in [1.807, 2.05) is 26.8 Å². The molecule has 0 amide bonds. The zero-order valence-corrected chi connectivity index (χ0v) is 12.1. The van der Waals surface area contributed by atoms with Crippen LogP contribution in [0.4, 0.5) is 0 Å². The van der Waals surface area contributed by atoms with Crippen molar-refractivity contribution in [1.82, 2.24) is 0 Å². The van der Waals surface area contributed by atoms with E-state index in [4.69, 9.17) is 14.2 Å². The largest absolute Gasteiger partial charge is 0.465 e. The van der Waals surface area contributed by atoms with Crippen molar-refractivity contribution in [3.8, 4) is 0 Å². The molecule has 3 atom stereocenters. The van der Waals surface area contributed by atoms with Crippen LogP contribution in [0.3, 0.4) is 0 Å². The van der Waals surface area contributed by atoms with Crippen LogP contribution >= 0.6 is 0 Å². The molecule has 4 nitrogen and oxygen atoms in total. The van der Waals surface area contributed by atoms with Gasteiger partial charge in [-0.15, -0.1) is 0 Å². The molecular weight excluding hydrogens is 244 g/mol. The molecule has 1 saturated carbocycles. The first-order valence-electron chi connectivity index (χ1n) is 7.27. The second-order valence-corrected chi connectivity index (χ2v) is 5.21. The summed E-state index contributed by atoms with van der Waals surface area (Å²) in [6.45, 7) is 7.35. The van der Waals surface area contributed by atoms with E-state index in [-0.39, 0.29) is 18.2 Å². The van der Waals surface area contributed by atoms with Crippen LogP contribution in [0.1, 0.15) is 33.6 Å². The summed E-state index contributed by atoms with van der Waals surface area (Å²) >= 11 is 0. The second-order valence-electron chi connectivity index (χ2n) is 5.21. The van der Waals surface area contributed by atoms with Gasteiger partial charge in [0.25, 0.3) is 0 Å². The smallest absolute Gasteiger partial charge is 0.316 e. The molecule has 19 heavy (non-hydrogen) atoms. The third-order valence-electron chi connectivity index (χ3n) is 4.13. The van der Waals surface area contributed by atoms with Gasteiger partial charge in [0, 0.05) is 19.1 Å². The van der Waals surface area contributed by atoms with Crippen LogP contribution in [-0.4, -0.2) is 32.1 Å². The highest BCUT2D eigenvalue weighted by Gasteiger charge is 2.57. The van der Waals surface area contributed by atoms with Crippen molar-refractivity contribution in [2.24, 2.45) is 17.3 Å². The van der Waals surface area contributed by atoms with Gasteiger partial charge in [0.15, 0.2) is 6.29 Å². The van der Waals surface area contributed by atoms with Crippen LogP contribution in [-0.2, 0) is 19.0 Å². The van der Waals surface area contributed by atoms with Crippen molar-refractivity contribution in [1.29, 1.82) is 0 Å². The highest BCUT2D eigenvalue weighted by Crippen LogP contribution is 2.55. The Labute approximate surface area is 115 Å². The number of hydrogen-bond donors (Lipinski definition) is 0. The molecule has 0 aliphatic heterocycles. The van der Waals surface area contributed by atoms with Crippen molar-refractivity contribution < 1.29 is 19.0 Å². The van der Waals surface area contributed by atoms with Gasteiger partial charge in [0.05, 0.1) is 12.0 Å². The fraction of sp³-hybridized carbons (Fsp3) is 0.800. The Morgan fingerprint density at radius 3 is 2.47 bits per heavy atom. The molecule has 0 heterocycles. The van der Waals surface area contributed by atoms with E-state index >= 15 is 0 Å². The maximum absolute atomic E-state index is 12.4. The molecule has 0 spiro atoms. The lowest BCUT2D eigenvalue weighted by Crippen LogP contribution is -2.42. The van der Waals surface area contributed by atoms with Crippen LogP contribution in [0.25, 0.3) is 0 Å². The molecular formula is C15H24O4. The fourth-order valence-corrected chi connectivity index (χ4v) is 3.38. The lowest BCUT2D eigenvalue weighted by molar-refractivity contribution is -0.193. The first kappa shape index (κ1) is 14.5. The van der Waals surface area contributed by atoms with Crippen molar-refractivity contribution >= 4 is 5.97 Å². The van der Waals surface area contributed by atoms with Crippen molar-refractivity contribution in [3.63, 3.8) is 0 Å². The number of carbonyl (C=O) groups excluding carboxylic acids is 1. The summed E-state index contributed by atoms with van der Waals surface area (Å²) in [6.07, 6.45) is 5.64. The number of allylic oxidation sites excluding steroid dienone is 1. The second kappa shape index (κ2) is 6.06. The fourth-order valence-electron chi connectivity index (χ4n) is 3.38. The Bertz CT molecular complexity index is 346. The zero-order chi connectivity index (χ0) is 13.9. The molecule has 0 N–H and O–H groups in total. The van der Waals surface area contributed by atoms with E-state index in [9.17, 15) is 4.79 Å². The quantitative estimate of drug-likeness (QED) is 0.404. The number of fused-ring (bicyclic) bond motifs is 2. The average molecular weight is 268 g/mol. The summed E-state index contributed by atoms with van der Waals surface area (Å²) in [6, 6.07) is 0. The molecule has 4 heteroatoms. The Kier molecular flexibility index (Phi) is 4.63. The number of hydrogen-bond acceptors (Lipinski definition) is 4. The van der Waals surface area contributed by atoms with Gasteiger partial charge in [-0.25, -0.2) is 0 Å². The average Bonchev–Trinajstić information content (AvgIpc) is 2.98. The van der Waals surface area contributed by atoms with Crippen LogP contribution in [0, 0.1) is 17.3 Å². The number of esters is 1. The first-order chi connectivity index (χ1) is 9.17. The topological polar surface area (TPSA) is 44.8 Å². The molecule has 3 unspecified atom stereocenters. The molecule has 2 rings (SSSR count). The highest BCUT2D eigenvalue weighted by molar-refractivity contribution is 5.81. The Morgan fingerprint density at radius 2 is 1.95 bits per heavy atom. The van der Waals surface area contributed by atoms with E-state index < -0.39 is 5.41 Å². The number of rotatable bonds is 7.